The molecule has 0 bridgehead atoms. The van der Waals surface area contributed by atoms with E-state index in [4.69, 9.17) is 5.26 Å². The van der Waals surface area contributed by atoms with Crippen molar-refractivity contribution < 1.29 is 10.0 Å². The molecule has 2 heterocycles. The van der Waals surface area contributed by atoms with Gasteiger partial charge in [-0.15, -0.1) is 0 Å². The molecule has 9 nitrogen and oxygen atoms in total. The van der Waals surface area contributed by atoms with Gasteiger partial charge in [-0.2, -0.15) is 20.7 Å². The van der Waals surface area contributed by atoms with Crippen LogP contribution in [0.1, 0.15) is 11.3 Å². The van der Waals surface area contributed by atoms with E-state index in [0.717, 1.165) is 0 Å². The molecule has 0 atom stereocenters. The third kappa shape index (κ3) is 2.07. The molecule has 1 aromatic heterocycles. The normalized spacial score (nSPS) is 16.1. The van der Waals surface area contributed by atoms with Crippen molar-refractivity contribution in [2.24, 2.45) is 0 Å². The first-order valence-electron chi connectivity index (χ1n) is 6.05. The molecule has 1 aromatic carbocycles. The standard InChI is InChI=1S/C12H10N6O3/c13-4-8-3-9(18(20)21)1-2-10(8)17-6-12(19,7-17)11-5-14-16-15-11/h1-3,5,19H,6-7H2,(H,14,15,16). The van der Waals surface area contributed by atoms with Crippen LogP contribution in [0.4, 0.5) is 11.4 Å². The molecule has 0 saturated carbocycles. The van der Waals surface area contributed by atoms with Crippen LogP contribution in [0, 0.1) is 21.4 Å². The lowest BCUT2D eigenvalue weighted by molar-refractivity contribution is -0.384. The summed E-state index contributed by atoms with van der Waals surface area (Å²) in [5.74, 6) is 0. The zero-order valence-corrected chi connectivity index (χ0v) is 10.7. The zero-order chi connectivity index (χ0) is 15.0. The molecular formula is C12H10N6O3. The molecule has 2 N–H and O–H groups in total. The SMILES string of the molecule is N#Cc1cc([N+](=O)[O-])ccc1N1CC(O)(c2cn[nH]n2)C1. The van der Waals surface area contributed by atoms with Gasteiger partial charge in [0, 0.05) is 12.1 Å². The lowest BCUT2D eigenvalue weighted by atomic mass is 9.89. The van der Waals surface area contributed by atoms with Gasteiger partial charge < -0.3 is 10.0 Å². The van der Waals surface area contributed by atoms with Gasteiger partial charge in [0.15, 0.2) is 0 Å². The van der Waals surface area contributed by atoms with E-state index in [9.17, 15) is 15.2 Å². The second-order valence-corrected chi connectivity index (χ2v) is 4.81. The molecule has 106 valence electrons. The molecule has 0 unspecified atom stereocenters. The topological polar surface area (TPSA) is 132 Å². The Bertz CT molecular complexity index is 730. The molecular weight excluding hydrogens is 276 g/mol. The summed E-state index contributed by atoms with van der Waals surface area (Å²) in [6.45, 7) is 0.484. The van der Waals surface area contributed by atoms with Crippen LogP contribution in [0.3, 0.4) is 0 Å². The first-order valence-corrected chi connectivity index (χ1v) is 6.05. The van der Waals surface area contributed by atoms with Gasteiger partial charge in [-0.3, -0.25) is 10.1 Å². The molecule has 9 heteroatoms. The molecule has 3 rings (SSSR count). The van der Waals surface area contributed by atoms with Crippen molar-refractivity contribution >= 4 is 11.4 Å². The Hall–Kier alpha value is -2.99. The van der Waals surface area contributed by atoms with Crippen LogP contribution >= 0.6 is 0 Å². The maximum absolute atomic E-state index is 10.7. The third-order valence-corrected chi connectivity index (χ3v) is 3.45. The van der Waals surface area contributed by atoms with Crippen LogP contribution in [-0.2, 0) is 5.60 Å². The summed E-state index contributed by atoms with van der Waals surface area (Å²) in [4.78, 5) is 11.9. The van der Waals surface area contributed by atoms with Crippen LogP contribution in [0.5, 0.6) is 0 Å². The van der Waals surface area contributed by atoms with Gasteiger partial charge >= 0.3 is 0 Å². The predicted octanol–water partition coefficient (Wildman–Crippen LogP) is 0.292. The number of nitro benzene ring substituents is 1. The minimum absolute atomic E-state index is 0.136. The number of anilines is 1. The van der Waals surface area contributed by atoms with Crippen molar-refractivity contribution in [3.05, 3.63) is 45.8 Å². The second-order valence-electron chi connectivity index (χ2n) is 4.81. The molecule has 0 aliphatic carbocycles. The molecule has 0 spiro atoms. The van der Waals surface area contributed by atoms with Crippen LogP contribution in [-0.4, -0.2) is 38.5 Å². The van der Waals surface area contributed by atoms with E-state index in [1.807, 2.05) is 6.07 Å². The van der Waals surface area contributed by atoms with E-state index < -0.39 is 10.5 Å². The van der Waals surface area contributed by atoms with Crippen molar-refractivity contribution in [2.75, 3.05) is 18.0 Å². The molecule has 21 heavy (non-hydrogen) atoms. The van der Waals surface area contributed by atoms with Crippen LogP contribution in [0.2, 0.25) is 0 Å². The summed E-state index contributed by atoms with van der Waals surface area (Å²) in [6.07, 6.45) is 1.44. The van der Waals surface area contributed by atoms with Crippen LogP contribution in [0.15, 0.2) is 24.4 Å². The summed E-state index contributed by atoms with van der Waals surface area (Å²) in [5.41, 5.74) is -0.0777. The number of hydrogen-bond acceptors (Lipinski definition) is 7. The number of nitro groups is 1. The quantitative estimate of drug-likeness (QED) is 0.612. The van der Waals surface area contributed by atoms with E-state index >= 15 is 0 Å². The zero-order valence-electron chi connectivity index (χ0n) is 10.7. The van der Waals surface area contributed by atoms with Gasteiger partial charge in [0.1, 0.15) is 17.4 Å². The number of β-amino-alcohol motifs (C(OH)–C–C–N with tert-alkyl or cyclic N) is 1. The number of non-ortho nitro benzene ring substituents is 1. The largest absolute Gasteiger partial charge is 0.380 e. The smallest absolute Gasteiger partial charge is 0.270 e. The highest BCUT2D eigenvalue weighted by Gasteiger charge is 2.45. The van der Waals surface area contributed by atoms with Gasteiger partial charge in [-0.1, -0.05) is 0 Å². The Balaban J connectivity index is 1.84. The maximum atomic E-state index is 10.7. The highest BCUT2D eigenvalue weighted by atomic mass is 16.6. The van der Waals surface area contributed by atoms with Gasteiger partial charge in [0.2, 0.25) is 0 Å². The summed E-state index contributed by atoms with van der Waals surface area (Å²) in [6, 6.07) is 6.02. The Morgan fingerprint density at radius 1 is 1.52 bits per heavy atom. The summed E-state index contributed by atoms with van der Waals surface area (Å²) in [5, 5.41) is 40.1. The van der Waals surface area contributed by atoms with Crippen molar-refractivity contribution in [1.29, 1.82) is 5.26 Å². The van der Waals surface area contributed by atoms with Crippen molar-refractivity contribution in [1.82, 2.24) is 15.4 Å². The number of aromatic amines is 1. The Morgan fingerprint density at radius 2 is 2.29 bits per heavy atom. The van der Waals surface area contributed by atoms with Crippen molar-refractivity contribution in [3.63, 3.8) is 0 Å². The number of nitriles is 1. The fourth-order valence-electron chi connectivity index (χ4n) is 2.35. The van der Waals surface area contributed by atoms with Crippen LogP contribution in [0.25, 0.3) is 0 Å². The van der Waals surface area contributed by atoms with E-state index in [1.54, 1.807) is 4.90 Å². The third-order valence-electron chi connectivity index (χ3n) is 3.45. The first kappa shape index (κ1) is 13.0. The monoisotopic (exact) mass is 286 g/mol. The molecule has 1 fully saturated rings. The average Bonchev–Trinajstić information content (AvgIpc) is 2.97. The molecule has 1 saturated heterocycles. The van der Waals surface area contributed by atoms with Crippen molar-refractivity contribution in [3.8, 4) is 6.07 Å². The number of nitrogens with one attached hydrogen (secondary N) is 1. The van der Waals surface area contributed by atoms with E-state index in [1.165, 1.54) is 24.4 Å². The summed E-state index contributed by atoms with van der Waals surface area (Å²) < 4.78 is 0. The summed E-state index contributed by atoms with van der Waals surface area (Å²) in [7, 11) is 0. The minimum atomic E-state index is -1.12. The Morgan fingerprint density at radius 3 is 2.86 bits per heavy atom. The minimum Gasteiger partial charge on any atom is -0.380 e. The first-order chi connectivity index (χ1) is 10.0. The fourth-order valence-corrected chi connectivity index (χ4v) is 2.35. The number of aromatic nitrogens is 3. The molecule has 1 aliphatic heterocycles. The predicted molar refractivity (Wildman–Crippen MR) is 70.3 cm³/mol. The lowest BCUT2D eigenvalue weighted by Crippen LogP contribution is -2.60. The van der Waals surface area contributed by atoms with E-state index in [2.05, 4.69) is 15.4 Å². The summed E-state index contributed by atoms with van der Waals surface area (Å²) >= 11 is 0. The number of benzene rings is 1. The molecule has 0 radical (unpaired) electrons. The van der Waals surface area contributed by atoms with E-state index in [0.29, 0.717) is 11.4 Å². The van der Waals surface area contributed by atoms with Gasteiger partial charge in [0.05, 0.1) is 35.5 Å². The highest BCUT2D eigenvalue weighted by molar-refractivity contribution is 5.65. The second kappa shape index (κ2) is 4.53. The Kier molecular flexibility index (Phi) is 2.81. The van der Waals surface area contributed by atoms with Crippen molar-refractivity contribution in [2.45, 2.75) is 5.60 Å². The number of H-pyrrole nitrogens is 1. The van der Waals surface area contributed by atoms with Gasteiger partial charge in [0.25, 0.3) is 5.69 Å². The number of hydrogen-bond donors (Lipinski definition) is 2. The molecule has 0 amide bonds. The number of aliphatic hydroxyl groups is 1. The van der Waals surface area contributed by atoms with Crippen LogP contribution < -0.4 is 4.90 Å². The maximum Gasteiger partial charge on any atom is 0.270 e. The number of nitrogens with zero attached hydrogens (tertiary/aromatic N) is 5. The average molecular weight is 286 g/mol. The highest BCUT2D eigenvalue weighted by Crippen LogP contribution is 2.36. The number of rotatable bonds is 3. The lowest BCUT2D eigenvalue weighted by Gasteiger charge is -2.46. The molecule has 1 aliphatic rings. The van der Waals surface area contributed by atoms with Gasteiger partial charge in [-0.25, -0.2) is 0 Å². The van der Waals surface area contributed by atoms with Gasteiger partial charge in [-0.05, 0) is 6.07 Å². The van der Waals surface area contributed by atoms with E-state index in [-0.39, 0.29) is 24.3 Å². The molecule has 2 aromatic rings. The fraction of sp³-hybridized carbons (Fsp3) is 0.250. The Labute approximate surface area is 118 Å².